The summed E-state index contributed by atoms with van der Waals surface area (Å²) in [6, 6.07) is 9.10. The number of rotatable bonds is 8. The standard InChI is InChI=1S/C27H39N3O2/c1-4-25-26(21(3)32-28-25)27(31)30(24-11-7-8-12-24)19-22-13-16-29(17-14-22)18-15-23-10-6-5-9-20(23)2/h5-6,9-10,22,24H,4,7-8,11-19H2,1-3H3. The number of likely N-dealkylation sites (tertiary alicyclic amines) is 1. The molecule has 0 N–H and O–H groups in total. The maximum Gasteiger partial charge on any atom is 0.259 e. The average molecular weight is 438 g/mol. The summed E-state index contributed by atoms with van der Waals surface area (Å²) in [5, 5.41) is 4.14. The van der Waals surface area contributed by atoms with Crippen LogP contribution >= 0.6 is 0 Å². The lowest BCUT2D eigenvalue weighted by molar-refractivity contribution is 0.0596. The zero-order valence-corrected chi connectivity index (χ0v) is 20.1. The van der Waals surface area contributed by atoms with Gasteiger partial charge in [0.1, 0.15) is 11.3 Å². The van der Waals surface area contributed by atoms with Crippen LogP contribution in [0, 0.1) is 19.8 Å². The molecule has 0 bridgehead atoms. The molecule has 1 amide bonds. The highest BCUT2D eigenvalue weighted by molar-refractivity contribution is 5.96. The van der Waals surface area contributed by atoms with Gasteiger partial charge in [0, 0.05) is 19.1 Å². The normalized spacial score (nSPS) is 18.3. The zero-order valence-electron chi connectivity index (χ0n) is 20.1. The number of hydrogen-bond donors (Lipinski definition) is 0. The predicted molar refractivity (Wildman–Crippen MR) is 128 cm³/mol. The average Bonchev–Trinajstić information content (AvgIpc) is 3.47. The number of carbonyl (C=O) groups excluding carboxylic acids is 1. The second-order valence-electron chi connectivity index (χ2n) is 9.77. The number of amides is 1. The fraction of sp³-hybridized carbons (Fsp3) is 0.630. The van der Waals surface area contributed by atoms with Crippen molar-refractivity contribution in [3.63, 3.8) is 0 Å². The summed E-state index contributed by atoms with van der Waals surface area (Å²) in [4.78, 5) is 18.4. The SMILES string of the molecule is CCc1noc(C)c1C(=O)N(CC1CCN(CCc2ccccc2C)CC1)C1CCCC1. The molecule has 0 radical (unpaired) electrons. The van der Waals surface area contributed by atoms with Gasteiger partial charge in [-0.2, -0.15) is 0 Å². The van der Waals surface area contributed by atoms with Crippen LogP contribution in [0.5, 0.6) is 0 Å². The number of nitrogens with zero attached hydrogens (tertiary/aromatic N) is 3. The van der Waals surface area contributed by atoms with Crippen LogP contribution in [-0.4, -0.2) is 53.1 Å². The van der Waals surface area contributed by atoms with Gasteiger partial charge in [-0.3, -0.25) is 4.79 Å². The molecule has 1 aliphatic heterocycles. The number of piperidine rings is 1. The Morgan fingerprint density at radius 3 is 2.53 bits per heavy atom. The Morgan fingerprint density at radius 1 is 1.12 bits per heavy atom. The van der Waals surface area contributed by atoms with Gasteiger partial charge >= 0.3 is 0 Å². The number of aryl methyl sites for hydroxylation is 3. The Bertz CT molecular complexity index is 892. The third-order valence-corrected chi connectivity index (χ3v) is 7.63. The molecule has 0 spiro atoms. The minimum Gasteiger partial charge on any atom is -0.361 e. The summed E-state index contributed by atoms with van der Waals surface area (Å²) in [5.74, 6) is 1.40. The van der Waals surface area contributed by atoms with Crippen LogP contribution in [0.3, 0.4) is 0 Å². The summed E-state index contributed by atoms with van der Waals surface area (Å²) in [6.07, 6.45) is 8.93. The number of carbonyl (C=O) groups is 1. The molecular formula is C27H39N3O2. The molecular weight excluding hydrogens is 398 g/mol. The molecule has 1 aliphatic carbocycles. The van der Waals surface area contributed by atoms with Crippen molar-refractivity contribution in [1.29, 1.82) is 0 Å². The molecule has 0 unspecified atom stereocenters. The molecule has 1 aromatic carbocycles. The van der Waals surface area contributed by atoms with Crippen molar-refractivity contribution in [2.45, 2.75) is 78.2 Å². The van der Waals surface area contributed by atoms with Gasteiger partial charge in [0.05, 0.1) is 5.69 Å². The number of aromatic nitrogens is 1. The summed E-state index contributed by atoms with van der Waals surface area (Å²) < 4.78 is 5.39. The predicted octanol–water partition coefficient (Wildman–Crippen LogP) is 5.19. The molecule has 1 saturated carbocycles. The summed E-state index contributed by atoms with van der Waals surface area (Å²) in [5.41, 5.74) is 4.38. The van der Waals surface area contributed by atoms with Crippen molar-refractivity contribution in [3.8, 4) is 0 Å². The van der Waals surface area contributed by atoms with E-state index < -0.39 is 0 Å². The highest BCUT2D eigenvalue weighted by Gasteiger charge is 2.33. The second kappa shape index (κ2) is 10.7. The lowest BCUT2D eigenvalue weighted by atomic mass is 9.94. The highest BCUT2D eigenvalue weighted by atomic mass is 16.5. The van der Waals surface area contributed by atoms with E-state index in [9.17, 15) is 4.79 Å². The van der Waals surface area contributed by atoms with Gasteiger partial charge in [-0.1, -0.05) is 49.2 Å². The Morgan fingerprint density at radius 2 is 1.84 bits per heavy atom. The molecule has 4 rings (SSSR count). The van der Waals surface area contributed by atoms with Crippen LogP contribution in [0.2, 0.25) is 0 Å². The van der Waals surface area contributed by atoms with Crippen molar-refractivity contribution >= 4 is 5.91 Å². The van der Waals surface area contributed by atoms with E-state index in [1.165, 1.54) is 36.8 Å². The quantitative estimate of drug-likeness (QED) is 0.570. The molecule has 2 aliphatic rings. The van der Waals surface area contributed by atoms with Crippen LogP contribution in [0.4, 0.5) is 0 Å². The number of benzene rings is 1. The Hall–Kier alpha value is -2.14. The minimum absolute atomic E-state index is 0.148. The van der Waals surface area contributed by atoms with Crippen molar-refractivity contribution < 1.29 is 9.32 Å². The van der Waals surface area contributed by atoms with Crippen molar-refractivity contribution in [2.75, 3.05) is 26.2 Å². The van der Waals surface area contributed by atoms with Crippen LogP contribution in [0.15, 0.2) is 28.8 Å². The smallest absolute Gasteiger partial charge is 0.259 e. The van der Waals surface area contributed by atoms with Gasteiger partial charge in [-0.05, 0) is 82.5 Å². The first-order chi connectivity index (χ1) is 15.6. The fourth-order valence-electron chi connectivity index (χ4n) is 5.53. The number of hydrogen-bond acceptors (Lipinski definition) is 4. The summed E-state index contributed by atoms with van der Waals surface area (Å²) in [6.45, 7) is 10.4. The van der Waals surface area contributed by atoms with Gasteiger partial charge in [-0.15, -0.1) is 0 Å². The molecule has 1 aromatic heterocycles. The molecule has 2 aromatic rings. The van der Waals surface area contributed by atoms with E-state index in [0.717, 1.165) is 63.1 Å². The monoisotopic (exact) mass is 437 g/mol. The Balaban J connectivity index is 1.36. The maximum absolute atomic E-state index is 13.6. The van der Waals surface area contributed by atoms with Gasteiger partial charge in [0.15, 0.2) is 0 Å². The first-order valence-corrected chi connectivity index (χ1v) is 12.6. The van der Waals surface area contributed by atoms with Gasteiger partial charge in [0.2, 0.25) is 0 Å². The lowest BCUT2D eigenvalue weighted by Crippen LogP contribution is -2.45. The minimum atomic E-state index is 0.148. The summed E-state index contributed by atoms with van der Waals surface area (Å²) >= 11 is 0. The molecule has 5 heteroatoms. The van der Waals surface area contributed by atoms with E-state index in [1.54, 1.807) is 0 Å². The molecule has 2 heterocycles. The van der Waals surface area contributed by atoms with E-state index in [2.05, 4.69) is 46.1 Å². The van der Waals surface area contributed by atoms with Gasteiger partial charge in [0.25, 0.3) is 5.91 Å². The van der Waals surface area contributed by atoms with Crippen LogP contribution in [0.1, 0.15) is 78.4 Å². The molecule has 5 nitrogen and oxygen atoms in total. The zero-order chi connectivity index (χ0) is 22.5. The van der Waals surface area contributed by atoms with Crippen molar-refractivity contribution in [2.24, 2.45) is 5.92 Å². The molecule has 32 heavy (non-hydrogen) atoms. The topological polar surface area (TPSA) is 49.6 Å². The van der Waals surface area contributed by atoms with E-state index in [0.29, 0.717) is 17.7 Å². The second-order valence-corrected chi connectivity index (χ2v) is 9.77. The van der Waals surface area contributed by atoms with E-state index in [1.807, 2.05) is 13.8 Å². The Kier molecular flexibility index (Phi) is 7.67. The fourth-order valence-corrected chi connectivity index (χ4v) is 5.53. The van der Waals surface area contributed by atoms with E-state index in [-0.39, 0.29) is 5.91 Å². The third kappa shape index (κ3) is 5.25. The summed E-state index contributed by atoms with van der Waals surface area (Å²) in [7, 11) is 0. The largest absolute Gasteiger partial charge is 0.361 e. The molecule has 0 atom stereocenters. The van der Waals surface area contributed by atoms with Crippen LogP contribution < -0.4 is 0 Å². The first kappa shape index (κ1) is 23.0. The third-order valence-electron chi connectivity index (χ3n) is 7.63. The first-order valence-electron chi connectivity index (χ1n) is 12.6. The Labute approximate surface area is 193 Å². The molecule has 2 fully saturated rings. The van der Waals surface area contributed by atoms with E-state index >= 15 is 0 Å². The molecule has 174 valence electrons. The van der Waals surface area contributed by atoms with Crippen molar-refractivity contribution in [3.05, 3.63) is 52.4 Å². The van der Waals surface area contributed by atoms with Crippen LogP contribution in [0.25, 0.3) is 0 Å². The van der Waals surface area contributed by atoms with Crippen molar-refractivity contribution in [1.82, 2.24) is 15.0 Å². The maximum atomic E-state index is 13.6. The lowest BCUT2D eigenvalue weighted by Gasteiger charge is -2.37. The van der Waals surface area contributed by atoms with Crippen LogP contribution in [-0.2, 0) is 12.8 Å². The van der Waals surface area contributed by atoms with Gasteiger partial charge < -0.3 is 14.3 Å². The van der Waals surface area contributed by atoms with Gasteiger partial charge in [-0.25, -0.2) is 0 Å². The van der Waals surface area contributed by atoms with E-state index in [4.69, 9.17) is 4.52 Å². The molecule has 1 saturated heterocycles. The highest BCUT2D eigenvalue weighted by Crippen LogP contribution is 2.29.